The van der Waals surface area contributed by atoms with Crippen LogP contribution in [0.3, 0.4) is 0 Å². The van der Waals surface area contributed by atoms with Gasteiger partial charge in [0.25, 0.3) is 0 Å². The third-order valence-corrected chi connectivity index (χ3v) is 7.17. The van der Waals surface area contributed by atoms with Crippen LogP contribution in [0.1, 0.15) is 18.4 Å². The first-order valence-electron chi connectivity index (χ1n) is 6.84. The molecule has 1 N–H and O–H groups in total. The highest BCUT2D eigenvalue weighted by Crippen LogP contribution is 2.40. The van der Waals surface area contributed by atoms with Crippen molar-refractivity contribution in [3.63, 3.8) is 0 Å². The highest BCUT2D eigenvalue weighted by atomic mass is 79.9. The summed E-state index contributed by atoms with van der Waals surface area (Å²) in [6, 6.07) is 1.86. The average molecular weight is 497 g/mol. The fourth-order valence-corrected chi connectivity index (χ4v) is 4.03. The van der Waals surface area contributed by atoms with E-state index in [-0.39, 0.29) is 11.9 Å². The van der Waals surface area contributed by atoms with Crippen LogP contribution in [0.25, 0.3) is 6.08 Å². The van der Waals surface area contributed by atoms with Crippen LogP contribution >= 0.6 is 47.8 Å². The summed E-state index contributed by atoms with van der Waals surface area (Å²) in [5, 5.41) is 2.85. The molecule has 1 heterocycles. The number of carbonyl (C=O) groups excluding carboxylic acids is 1. The van der Waals surface area contributed by atoms with Gasteiger partial charge in [0, 0.05) is 10.7 Å². The normalized spacial score (nSPS) is 18.9. The number of hydrogen-bond acceptors (Lipinski definition) is 3. The Morgan fingerprint density at radius 2 is 2.09 bits per heavy atom. The SMILES string of the molecule is COc1cc(C=CNC(=O)[C@@H]2CCCN2C)c(Br)c(Br)c1Br. The summed E-state index contributed by atoms with van der Waals surface area (Å²) in [5.41, 5.74) is 0.909. The molecule has 0 spiro atoms. The summed E-state index contributed by atoms with van der Waals surface area (Å²) >= 11 is 10.5. The van der Waals surface area contributed by atoms with Gasteiger partial charge in [0.2, 0.25) is 5.91 Å². The van der Waals surface area contributed by atoms with Crippen LogP contribution in [0.15, 0.2) is 25.7 Å². The minimum absolute atomic E-state index is 0.0284. The lowest BCUT2D eigenvalue weighted by Gasteiger charge is -2.17. The molecular formula is C15H17Br3N2O2. The quantitative estimate of drug-likeness (QED) is 0.636. The van der Waals surface area contributed by atoms with Crippen molar-refractivity contribution in [3.05, 3.63) is 31.2 Å². The van der Waals surface area contributed by atoms with Crippen LogP contribution in [0.2, 0.25) is 0 Å². The molecule has 1 atom stereocenters. The monoisotopic (exact) mass is 494 g/mol. The second-order valence-corrected chi connectivity index (χ2v) is 7.47. The molecule has 2 rings (SSSR count). The predicted octanol–water partition coefficient (Wildman–Crippen LogP) is 4.16. The zero-order valence-corrected chi connectivity index (χ0v) is 17.1. The first-order chi connectivity index (χ1) is 10.5. The molecule has 1 fully saturated rings. The van der Waals surface area contributed by atoms with Crippen LogP contribution in [-0.2, 0) is 4.79 Å². The maximum Gasteiger partial charge on any atom is 0.241 e. The molecule has 1 aromatic carbocycles. The number of halogens is 3. The van der Waals surface area contributed by atoms with E-state index in [1.807, 2.05) is 19.2 Å². The topological polar surface area (TPSA) is 41.6 Å². The molecule has 0 unspecified atom stereocenters. The Morgan fingerprint density at radius 1 is 1.36 bits per heavy atom. The average Bonchev–Trinajstić information content (AvgIpc) is 2.93. The van der Waals surface area contributed by atoms with Gasteiger partial charge >= 0.3 is 0 Å². The van der Waals surface area contributed by atoms with E-state index in [2.05, 4.69) is 58.0 Å². The molecule has 22 heavy (non-hydrogen) atoms. The first kappa shape index (κ1) is 18.0. The Morgan fingerprint density at radius 3 is 2.68 bits per heavy atom. The standard InChI is InChI=1S/C15H17Br3N2O2/c1-20-7-3-4-10(20)15(21)19-6-5-9-8-11(22-2)13(17)14(18)12(9)16/h5-6,8,10H,3-4,7H2,1-2H3,(H,19,21)/t10-/m0/s1. The van der Waals surface area contributed by atoms with Crippen LogP contribution in [-0.4, -0.2) is 37.6 Å². The second kappa shape index (κ2) is 7.95. The summed E-state index contributed by atoms with van der Waals surface area (Å²) in [6.45, 7) is 0.976. The minimum atomic E-state index is -0.0284. The number of amides is 1. The molecule has 0 aliphatic carbocycles. The Hall–Kier alpha value is -0.370. The number of likely N-dealkylation sites (N-methyl/N-ethyl adjacent to an activating group) is 1. The lowest BCUT2D eigenvalue weighted by molar-refractivity contribution is -0.124. The van der Waals surface area contributed by atoms with Gasteiger partial charge in [-0.15, -0.1) is 0 Å². The van der Waals surface area contributed by atoms with Crippen molar-refractivity contribution in [2.75, 3.05) is 20.7 Å². The number of nitrogens with one attached hydrogen (secondary N) is 1. The molecule has 1 aliphatic rings. The molecule has 0 aromatic heterocycles. The maximum atomic E-state index is 12.1. The Bertz CT molecular complexity index is 605. The van der Waals surface area contributed by atoms with E-state index >= 15 is 0 Å². The van der Waals surface area contributed by atoms with Gasteiger partial charge in [-0.05, 0) is 91.9 Å². The molecule has 0 bridgehead atoms. The molecule has 120 valence electrons. The molecule has 1 aromatic rings. The van der Waals surface area contributed by atoms with E-state index in [4.69, 9.17) is 4.74 Å². The van der Waals surface area contributed by atoms with Crippen LogP contribution in [0.4, 0.5) is 0 Å². The van der Waals surface area contributed by atoms with Crippen molar-refractivity contribution in [1.82, 2.24) is 10.2 Å². The number of nitrogens with zero attached hydrogens (tertiary/aromatic N) is 1. The minimum Gasteiger partial charge on any atom is -0.496 e. The molecule has 1 saturated heterocycles. The zero-order valence-electron chi connectivity index (χ0n) is 12.3. The second-order valence-electron chi connectivity index (χ2n) is 5.09. The fourth-order valence-electron chi connectivity index (χ4n) is 2.42. The van der Waals surface area contributed by atoms with E-state index in [9.17, 15) is 4.79 Å². The van der Waals surface area contributed by atoms with Crippen molar-refractivity contribution in [2.45, 2.75) is 18.9 Å². The van der Waals surface area contributed by atoms with Crippen LogP contribution in [0, 0.1) is 0 Å². The van der Waals surface area contributed by atoms with Gasteiger partial charge in [-0.3, -0.25) is 9.69 Å². The molecule has 1 amide bonds. The van der Waals surface area contributed by atoms with E-state index in [1.54, 1.807) is 13.3 Å². The summed E-state index contributed by atoms with van der Waals surface area (Å²) in [5.74, 6) is 0.757. The number of ether oxygens (including phenoxy) is 1. The fraction of sp³-hybridized carbons (Fsp3) is 0.400. The van der Waals surface area contributed by atoms with Gasteiger partial charge in [0.15, 0.2) is 0 Å². The highest BCUT2D eigenvalue weighted by Gasteiger charge is 2.26. The first-order valence-corrected chi connectivity index (χ1v) is 9.22. The van der Waals surface area contributed by atoms with Gasteiger partial charge in [-0.1, -0.05) is 0 Å². The predicted molar refractivity (Wildman–Crippen MR) is 98.9 cm³/mol. The summed E-state index contributed by atoms with van der Waals surface area (Å²) in [7, 11) is 3.60. The Kier molecular flexibility index (Phi) is 6.49. The van der Waals surface area contributed by atoms with Gasteiger partial charge in [0.05, 0.1) is 22.1 Å². The molecule has 7 heteroatoms. The van der Waals surface area contributed by atoms with Gasteiger partial charge in [-0.2, -0.15) is 0 Å². The number of rotatable bonds is 4. The lowest BCUT2D eigenvalue weighted by atomic mass is 10.2. The molecule has 0 radical (unpaired) electrons. The van der Waals surface area contributed by atoms with E-state index < -0.39 is 0 Å². The van der Waals surface area contributed by atoms with Crippen LogP contribution < -0.4 is 10.1 Å². The molecule has 0 saturated carbocycles. The lowest BCUT2D eigenvalue weighted by Crippen LogP contribution is -2.39. The van der Waals surface area contributed by atoms with E-state index in [0.29, 0.717) is 0 Å². The van der Waals surface area contributed by atoms with Crippen molar-refractivity contribution in [3.8, 4) is 5.75 Å². The van der Waals surface area contributed by atoms with Gasteiger partial charge in [0.1, 0.15) is 5.75 Å². The van der Waals surface area contributed by atoms with Crippen molar-refractivity contribution in [2.24, 2.45) is 0 Å². The van der Waals surface area contributed by atoms with E-state index in [0.717, 1.165) is 44.1 Å². The Balaban J connectivity index is 2.10. The van der Waals surface area contributed by atoms with Crippen molar-refractivity contribution in [1.29, 1.82) is 0 Å². The number of hydrogen-bond donors (Lipinski definition) is 1. The maximum absolute atomic E-state index is 12.1. The zero-order chi connectivity index (χ0) is 16.3. The largest absolute Gasteiger partial charge is 0.496 e. The molecule has 1 aliphatic heterocycles. The number of benzene rings is 1. The number of likely N-dealkylation sites (tertiary alicyclic amines) is 1. The molecular weight excluding hydrogens is 480 g/mol. The van der Waals surface area contributed by atoms with E-state index in [1.165, 1.54) is 0 Å². The molecule has 4 nitrogen and oxygen atoms in total. The Labute approximate surface area is 155 Å². The summed E-state index contributed by atoms with van der Waals surface area (Å²) < 4.78 is 7.92. The van der Waals surface area contributed by atoms with Gasteiger partial charge in [-0.25, -0.2) is 0 Å². The number of carbonyl (C=O) groups is 1. The van der Waals surface area contributed by atoms with Gasteiger partial charge < -0.3 is 10.1 Å². The smallest absolute Gasteiger partial charge is 0.241 e. The summed E-state index contributed by atoms with van der Waals surface area (Å²) in [4.78, 5) is 14.2. The van der Waals surface area contributed by atoms with Crippen molar-refractivity contribution < 1.29 is 9.53 Å². The third kappa shape index (κ3) is 3.93. The summed E-state index contributed by atoms with van der Waals surface area (Å²) in [6.07, 6.45) is 5.50. The van der Waals surface area contributed by atoms with Crippen LogP contribution in [0.5, 0.6) is 5.75 Å². The third-order valence-electron chi connectivity index (χ3n) is 3.67. The van der Waals surface area contributed by atoms with Crippen molar-refractivity contribution >= 4 is 59.8 Å². The highest BCUT2D eigenvalue weighted by molar-refractivity contribution is 9.14. The number of methoxy groups -OCH3 is 1.